The van der Waals surface area contributed by atoms with Crippen LogP contribution in [0.15, 0.2) is 0 Å². The molecule has 0 aromatic heterocycles. The molecule has 0 aliphatic carbocycles. The Labute approximate surface area is 134 Å². The van der Waals surface area contributed by atoms with E-state index >= 15 is 0 Å². The second-order valence-corrected chi connectivity index (χ2v) is 8.19. The number of rotatable bonds is 13. The van der Waals surface area contributed by atoms with Gasteiger partial charge in [0.25, 0.3) is 0 Å². The van der Waals surface area contributed by atoms with Crippen LogP contribution >= 0.6 is 0 Å². The zero-order valence-electron chi connectivity index (χ0n) is 15.4. The molecule has 0 radical (unpaired) electrons. The van der Waals surface area contributed by atoms with Crippen LogP contribution in [0.1, 0.15) is 92.4 Å². The molecular weight excluding hydrogens is 258 g/mol. The molecule has 0 atom stereocenters. The number of hydrogen-bond acceptors (Lipinski definition) is 2. The van der Waals surface area contributed by atoms with Crippen molar-refractivity contribution in [3.63, 3.8) is 0 Å². The summed E-state index contributed by atoms with van der Waals surface area (Å²) in [6.07, 6.45) is 11.3. The van der Waals surface area contributed by atoms with Crippen molar-refractivity contribution in [2.45, 2.75) is 92.4 Å². The maximum absolute atomic E-state index is 8.69. The number of aliphatic hydroxyl groups excluding tert-OH is 1. The minimum Gasteiger partial charge on any atom is -0.396 e. The van der Waals surface area contributed by atoms with Crippen molar-refractivity contribution in [3.8, 4) is 0 Å². The summed E-state index contributed by atoms with van der Waals surface area (Å²) in [4.78, 5) is 0. The third-order valence-corrected chi connectivity index (χ3v) is 5.20. The van der Waals surface area contributed by atoms with Crippen LogP contribution in [0, 0.1) is 10.8 Å². The molecular formula is C19H41NO. The highest BCUT2D eigenvalue weighted by atomic mass is 16.2. The Balaban J connectivity index is 3.30. The van der Waals surface area contributed by atoms with Crippen LogP contribution in [0.3, 0.4) is 0 Å². The van der Waals surface area contributed by atoms with Gasteiger partial charge in [0.1, 0.15) is 0 Å². The largest absolute Gasteiger partial charge is 0.396 e. The molecule has 0 spiro atoms. The van der Waals surface area contributed by atoms with Crippen LogP contribution < -0.4 is 5.32 Å². The second-order valence-electron chi connectivity index (χ2n) is 8.19. The van der Waals surface area contributed by atoms with Crippen LogP contribution in [-0.2, 0) is 0 Å². The van der Waals surface area contributed by atoms with Gasteiger partial charge in [0.05, 0.1) is 0 Å². The van der Waals surface area contributed by atoms with E-state index in [1.807, 2.05) is 0 Å². The summed E-state index contributed by atoms with van der Waals surface area (Å²) in [6, 6.07) is 0. The summed E-state index contributed by atoms with van der Waals surface area (Å²) in [7, 11) is 0. The van der Waals surface area contributed by atoms with E-state index in [2.05, 4.69) is 39.9 Å². The Morgan fingerprint density at radius 3 is 1.67 bits per heavy atom. The van der Waals surface area contributed by atoms with Crippen molar-refractivity contribution in [1.82, 2.24) is 5.32 Å². The fraction of sp³-hybridized carbons (Fsp3) is 1.00. The molecule has 0 aromatic carbocycles. The van der Waals surface area contributed by atoms with Crippen molar-refractivity contribution in [2.75, 3.05) is 19.7 Å². The van der Waals surface area contributed by atoms with Crippen molar-refractivity contribution in [2.24, 2.45) is 10.8 Å². The minimum atomic E-state index is 0.355. The monoisotopic (exact) mass is 299 g/mol. The zero-order chi connectivity index (χ0) is 16.2. The van der Waals surface area contributed by atoms with E-state index in [-0.39, 0.29) is 0 Å². The quantitative estimate of drug-likeness (QED) is 0.461. The molecule has 2 nitrogen and oxygen atoms in total. The minimum absolute atomic E-state index is 0.355. The first-order valence-corrected chi connectivity index (χ1v) is 9.13. The average Bonchev–Trinajstić information content (AvgIpc) is 2.38. The highest BCUT2D eigenvalue weighted by Gasteiger charge is 2.31. The third-order valence-electron chi connectivity index (χ3n) is 5.20. The van der Waals surface area contributed by atoms with E-state index in [4.69, 9.17) is 5.11 Å². The average molecular weight is 300 g/mol. The molecule has 0 rings (SSSR count). The molecule has 0 aromatic rings. The van der Waals surface area contributed by atoms with Crippen molar-refractivity contribution >= 4 is 0 Å². The lowest BCUT2D eigenvalue weighted by Crippen LogP contribution is -2.29. The molecule has 2 N–H and O–H groups in total. The van der Waals surface area contributed by atoms with E-state index in [0.29, 0.717) is 17.4 Å². The van der Waals surface area contributed by atoms with Crippen molar-refractivity contribution < 1.29 is 5.11 Å². The van der Waals surface area contributed by atoms with Gasteiger partial charge >= 0.3 is 0 Å². The normalized spacial score (nSPS) is 12.9. The molecule has 0 amide bonds. The Morgan fingerprint density at radius 1 is 0.667 bits per heavy atom. The first-order valence-electron chi connectivity index (χ1n) is 9.13. The SMILES string of the molecule is CC(C)(C)C(C)(C)CCCCNCCCCCCCCO. The molecule has 0 fully saturated rings. The van der Waals surface area contributed by atoms with Crippen LogP contribution in [0.25, 0.3) is 0 Å². The Kier molecular flexibility index (Phi) is 11.4. The number of hydrogen-bond donors (Lipinski definition) is 2. The van der Waals surface area contributed by atoms with Gasteiger partial charge < -0.3 is 10.4 Å². The van der Waals surface area contributed by atoms with Gasteiger partial charge in [-0.3, -0.25) is 0 Å². The van der Waals surface area contributed by atoms with Gasteiger partial charge in [-0.1, -0.05) is 66.7 Å². The molecule has 0 saturated carbocycles. The predicted molar refractivity (Wildman–Crippen MR) is 94.7 cm³/mol. The fourth-order valence-electron chi connectivity index (χ4n) is 2.39. The van der Waals surface area contributed by atoms with Gasteiger partial charge in [0.2, 0.25) is 0 Å². The zero-order valence-corrected chi connectivity index (χ0v) is 15.4. The van der Waals surface area contributed by atoms with Crippen LogP contribution in [0.5, 0.6) is 0 Å². The van der Waals surface area contributed by atoms with E-state index in [9.17, 15) is 0 Å². The van der Waals surface area contributed by atoms with E-state index in [0.717, 1.165) is 6.42 Å². The van der Waals surface area contributed by atoms with Crippen molar-refractivity contribution in [3.05, 3.63) is 0 Å². The first-order chi connectivity index (χ1) is 9.81. The van der Waals surface area contributed by atoms with Gasteiger partial charge in [-0.15, -0.1) is 0 Å². The number of nitrogens with one attached hydrogen (secondary N) is 1. The molecule has 21 heavy (non-hydrogen) atoms. The van der Waals surface area contributed by atoms with Gasteiger partial charge in [0.15, 0.2) is 0 Å². The maximum Gasteiger partial charge on any atom is 0.0431 e. The number of aliphatic hydroxyl groups is 1. The second kappa shape index (κ2) is 11.5. The molecule has 0 saturated heterocycles. The molecule has 0 aliphatic heterocycles. The van der Waals surface area contributed by atoms with Gasteiger partial charge in [-0.05, 0) is 49.6 Å². The first kappa shape index (κ1) is 20.9. The Morgan fingerprint density at radius 2 is 1.14 bits per heavy atom. The standard InChI is InChI=1S/C19H41NO/c1-18(2,3)19(4,5)14-10-12-16-20-15-11-8-6-7-9-13-17-21/h20-21H,6-17H2,1-5H3. The van der Waals surface area contributed by atoms with Gasteiger partial charge in [0, 0.05) is 6.61 Å². The van der Waals surface area contributed by atoms with Crippen molar-refractivity contribution in [1.29, 1.82) is 0 Å². The van der Waals surface area contributed by atoms with Crippen LogP contribution in [-0.4, -0.2) is 24.8 Å². The fourth-order valence-corrected chi connectivity index (χ4v) is 2.39. The van der Waals surface area contributed by atoms with Gasteiger partial charge in [-0.25, -0.2) is 0 Å². The van der Waals surface area contributed by atoms with Crippen LogP contribution in [0.2, 0.25) is 0 Å². The molecule has 0 heterocycles. The highest BCUT2D eigenvalue weighted by Crippen LogP contribution is 2.41. The lowest BCUT2D eigenvalue weighted by Gasteiger charge is -2.39. The Hall–Kier alpha value is -0.0800. The Bertz CT molecular complexity index is 230. The molecule has 0 bridgehead atoms. The van der Waals surface area contributed by atoms with Gasteiger partial charge in [-0.2, -0.15) is 0 Å². The molecule has 128 valence electrons. The number of unbranched alkanes of at least 4 members (excludes halogenated alkanes) is 6. The summed E-state index contributed by atoms with van der Waals surface area (Å²) in [6.45, 7) is 14.6. The lowest BCUT2D eigenvalue weighted by atomic mass is 9.67. The summed E-state index contributed by atoms with van der Waals surface area (Å²) in [5, 5.41) is 12.3. The predicted octanol–water partition coefficient (Wildman–Crippen LogP) is 5.15. The lowest BCUT2D eigenvalue weighted by molar-refractivity contribution is 0.116. The molecule has 2 heteroatoms. The molecule has 0 aliphatic rings. The summed E-state index contributed by atoms with van der Waals surface area (Å²) in [5.41, 5.74) is 0.831. The summed E-state index contributed by atoms with van der Waals surface area (Å²) >= 11 is 0. The summed E-state index contributed by atoms with van der Waals surface area (Å²) < 4.78 is 0. The smallest absolute Gasteiger partial charge is 0.0431 e. The van der Waals surface area contributed by atoms with E-state index in [1.165, 1.54) is 64.5 Å². The molecule has 0 unspecified atom stereocenters. The summed E-state index contributed by atoms with van der Waals surface area (Å²) in [5.74, 6) is 0. The highest BCUT2D eigenvalue weighted by molar-refractivity contribution is 4.82. The van der Waals surface area contributed by atoms with E-state index < -0.39 is 0 Å². The van der Waals surface area contributed by atoms with Crippen LogP contribution in [0.4, 0.5) is 0 Å². The maximum atomic E-state index is 8.69. The topological polar surface area (TPSA) is 32.3 Å². The third kappa shape index (κ3) is 11.2. The van der Waals surface area contributed by atoms with E-state index in [1.54, 1.807) is 0 Å².